The third kappa shape index (κ3) is 3.72. The highest BCUT2D eigenvalue weighted by Gasteiger charge is 2.26. The van der Waals surface area contributed by atoms with Crippen molar-refractivity contribution in [1.82, 2.24) is 10.3 Å². The second kappa shape index (κ2) is 6.74. The minimum atomic E-state index is -1.09. The van der Waals surface area contributed by atoms with Gasteiger partial charge in [-0.3, -0.25) is 4.79 Å². The molecule has 0 bridgehead atoms. The van der Waals surface area contributed by atoms with Crippen LogP contribution in [-0.4, -0.2) is 39.0 Å². The third-order valence-corrected chi connectivity index (χ3v) is 4.60. The van der Waals surface area contributed by atoms with E-state index in [0.29, 0.717) is 10.8 Å². The summed E-state index contributed by atoms with van der Waals surface area (Å²) in [5, 5.41) is 12.4. The van der Waals surface area contributed by atoms with Crippen molar-refractivity contribution in [3.8, 4) is 0 Å². The van der Waals surface area contributed by atoms with E-state index in [0.717, 1.165) is 25.0 Å². The highest BCUT2D eigenvalue weighted by molar-refractivity contribution is 7.99. The number of rotatable bonds is 5. The van der Waals surface area contributed by atoms with Gasteiger partial charge in [0.15, 0.2) is 0 Å². The van der Waals surface area contributed by atoms with E-state index in [2.05, 4.69) is 17.2 Å². The largest absolute Gasteiger partial charge is 0.477 e. The van der Waals surface area contributed by atoms with Crippen LogP contribution in [0.1, 0.15) is 47.0 Å². The van der Waals surface area contributed by atoms with Crippen molar-refractivity contribution in [2.24, 2.45) is 0 Å². The number of carboxylic acids is 1. The molecule has 0 saturated heterocycles. The van der Waals surface area contributed by atoms with Crippen LogP contribution < -0.4 is 5.32 Å². The van der Waals surface area contributed by atoms with Gasteiger partial charge in [0.2, 0.25) is 0 Å². The van der Waals surface area contributed by atoms with Gasteiger partial charge >= 0.3 is 5.97 Å². The second-order valence-electron chi connectivity index (χ2n) is 4.80. The van der Waals surface area contributed by atoms with Crippen LogP contribution in [0.15, 0.2) is 18.3 Å². The fraction of sp³-hybridized carbons (Fsp3) is 0.500. The maximum absolute atomic E-state index is 12.0. The Balaban J connectivity index is 1.90. The summed E-state index contributed by atoms with van der Waals surface area (Å²) in [7, 11) is 0. The number of carboxylic acid groups (broad SMARTS) is 1. The smallest absolute Gasteiger partial charge is 0.354 e. The second-order valence-corrected chi connectivity index (χ2v) is 6.38. The standard InChI is InChI=1S/C14H18N2O3S/c1-2-20-11-5-4-10(7-11)16-13(17)9-3-6-12(14(18)19)15-8-9/h3,6,8,10-11H,2,4-5,7H2,1H3,(H,16,17)(H,18,19). The maximum Gasteiger partial charge on any atom is 0.354 e. The lowest BCUT2D eigenvalue weighted by atomic mass is 10.2. The lowest BCUT2D eigenvalue weighted by Crippen LogP contribution is -2.33. The van der Waals surface area contributed by atoms with Crippen molar-refractivity contribution in [1.29, 1.82) is 0 Å². The highest BCUT2D eigenvalue weighted by Crippen LogP contribution is 2.29. The van der Waals surface area contributed by atoms with Gasteiger partial charge in [-0.05, 0) is 37.1 Å². The Morgan fingerprint density at radius 1 is 1.45 bits per heavy atom. The van der Waals surface area contributed by atoms with Crippen LogP contribution >= 0.6 is 11.8 Å². The lowest BCUT2D eigenvalue weighted by molar-refractivity contribution is 0.0689. The summed E-state index contributed by atoms with van der Waals surface area (Å²) in [6.45, 7) is 2.15. The first kappa shape index (κ1) is 14.8. The van der Waals surface area contributed by atoms with Crippen LogP contribution in [0.5, 0.6) is 0 Å². The number of aromatic nitrogens is 1. The number of nitrogens with zero attached hydrogens (tertiary/aromatic N) is 1. The molecule has 0 aromatic carbocycles. The Hall–Kier alpha value is -1.56. The molecule has 1 amide bonds. The summed E-state index contributed by atoms with van der Waals surface area (Å²) in [6.07, 6.45) is 4.46. The summed E-state index contributed by atoms with van der Waals surface area (Å²) in [5.74, 6) is -0.167. The minimum Gasteiger partial charge on any atom is -0.477 e. The van der Waals surface area contributed by atoms with Crippen LogP contribution in [0.25, 0.3) is 0 Å². The number of nitrogens with one attached hydrogen (secondary N) is 1. The molecule has 2 rings (SSSR count). The molecule has 1 aromatic heterocycles. The highest BCUT2D eigenvalue weighted by atomic mass is 32.2. The first-order chi connectivity index (χ1) is 9.60. The monoisotopic (exact) mass is 294 g/mol. The summed E-state index contributed by atoms with van der Waals surface area (Å²) in [4.78, 5) is 26.5. The topological polar surface area (TPSA) is 79.3 Å². The number of hydrogen-bond acceptors (Lipinski definition) is 4. The maximum atomic E-state index is 12.0. The van der Waals surface area contributed by atoms with Crippen LogP contribution in [0.3, 0.4) is 0 Å². The van der Waals surface area contributed by atoms with Gasteiger partial charge in [-0.25, -0.2) is 9.78 Å². The molecule has 6 heteroatoms. The molecule has 0 spiro atoms. The van der Waals surface area contributed by atoms with Gasteiger partial charge in [-0.2, -0.15) is 11.8 Å². The Kier molecular flexibility index (Phi) is 5.00. The van der Waals surface area contributed by atoms with Crippen LogP contribution in [0, 0.1) is 0 Å². The molecule has 1 saturated carbocycles. The average molecular weight is 294 g/mol. The van der Waals surface area contributed by atoms with E-state index in [1.165, 1.54) is 18.3 Å². The van der Waals surface area contributed by atoms with Crippen molar-refractivity contribution in [3.63, 3.8) is 0 Å². The normalized spacial score (nSPS) is 21.6. The van der Waals surface area contributed by atoms with Gasteiger partial charge in [0.1, 0.15) is 5.69 Å². The zero-order chi connectivity index (χ0) is 14.5. The molecule has 2 atom stereocenters. The van der Waals surface area contributed by atoms with E-state index < -0.39 is 5.97 Å². The van der Waals surface area contributed by atoms with Gasteiger partial charge in [0.05, 0.1) is 5.56 Å². The van der Waals surface area contributed by atoms with Gasteiger partial charge in [-0.15, -0.1) is 0 Å². The van der Waals surface area contributed by atoms with E-state index in [4.69, 9.17) is 5.11 Å². The first-order valence-electron chi connectivity index (χ1n) is 6.72. The van der Waals surface area contributed by atoms with Crippen LogP contribution in [0.2, 0.25) is 0 Å². The molecular weight excluding hydrogens is 276 g/mol. The van der Waals surface area contributed by atoms with E-state index in [9.17, 15) is 9.59 Å². The summed E-state index contributed by atoms with van der Waals surface area (Å²) < 4.78 is 0. The Bertz CT molecular complexity index is 490. The van der Waals surface area contributed by atoms with Crippen molar-refractivity contribution in [2.75, 3.05) is 5.75 Å². The van der Waals surface area contributed by atoms with Gasteiger partial charge in [-0.1, -0.05) is 6.92 Å². The Morgan fingerprint density at radius 3 is 2.85 bits per heavy atom. The predicted molar refractivity (Wildman–Crippen MR) is 78.2 cm³/mol. The summed E-state index contributed by atoms with van der Waals surface area (Å²) in [6, 6.07) is 3.06. The first-order valence-corrected chi connectivity index (χ1v) is 7.76. The van der Waals surface area contributed by atoms with Gasteiger partial charge < -0.3 is 10.4 Å². The average Bonchev–Trinajstić information content (AvgIpc) is 2.86. The number of aromatic carboxylic acids is 1. The molecule has 2 unspecified atom stereocenters. The Morgan fingerprint density at radius 2 is 2.25 bits per heavy atom. The predicted octanol–water partition coefficient (Wildman–Crippen LogP) is 2.18. The fourth-order valence-corrected chi connectivity index (χ4v) is 3.52. The quantitative estimate of drug-likeness (QED) is 0.870. The van der Waals surface area contributed by atoms with Crippen molar-refractivity contribution >= 4 is 23.6 Å². The minimum absolute atomic E-state index is 0.0539. The molecule has 20 heavy (non-hydrogen) atoms. The number of hydrogen-bond donors (Lipinski definition) is 2. The molecular formula is C14H18N2O3S. The number of carbonyl (C=O) groups excluding carboxylic acids is 1. The number of pyridine rings is 1. The van der Waals surface area contributed by atoms with Crippen molar-refractivity contribution in [2.45, 2.75) is 37.5 Å². The molecule has 1 aliphatic rings. The Labute approximate surface area is 122 Å². The van der Waals surface area contributed by atoms with Crippen molar-refractivity contribution in [3.05, 3.63) is 29.6 Å². The van der Waals surface area contributed by atoms with Crippen LogP contribution in [0.4, 0.5) is 0 Å². The van der Waals surface area contributed by atoms with E-state index in [-0.39, 0.29) is 17.6 Å². The molecule has 1 aliphatic carbocycles. The molecule has 108 valence electrons. The third-order valence-electron chi connectivity index (χ3n) is 3.37. The van der Waals surface area contributed by atoms with Gasteiger partial charge in [0.25, 0.3) is 5.91 Å². The molecule has 1 fully saturated rings. The molecule has 0 aliphatic heterocycles. The number of amides is 1. The summed E-state index contributed by atoms with van der Waals surface area (Å²) in [5.41, 5.74) is 0.350. The van der Waals surface area contributed by atoms with Crippen molar-refractivity contribution < 1.29 is 14.7 Å². The number of thioether (sulfide) groups is 1. The van der Waals surface area contributed by atoms with E-state index in [1.54, 1.807) is 0 Å². The summed E-state index contributed by atoms with van der Waals surface area (Å²) >= 11 is 1.94. The van der Waals surface area contributed by atoms with Crippen LogP contribution in [-0.2, 0) is 0 Å². The molecule has 5 nitrogen and oxygen atoms in total. The van der Waals surface area contributed by atoms with E-state index in [1.807, 2.05) is 11.8 Å². The molecule has 2 N–H and O–H groups in total. The fourth-order valence-electron chi connectivity index (χ4n) is 2.38. The lowest BCUT2D eigenvalue weighted by Gasteiger charge is -2.13. The molecule has 1 aromatic rings. The zero-order valence-corrected chi connectivity index (χ0v) is 12.2. The number of carbonyl (C=O) groups is 2. The van der Waals surface area contributed by atoms with Gasteiger partial charge in [0, 0.05) is 17.5 Å². The molecule has 0 radical (unpaired) electrons. The zero-order valence-electron chi connectivity index (χ0n) is 11.3. The van der Waals surface area contributed by atoms with E-state index >= 15 is 0 Å². The molecule has 1 heterocycles. The SMILES string of the molecule is CCSC1CCC(NC(=O)c2ccc(C(=O)O)nc2)C1.